The van der Waals surface area contributed by atoms with Crippen molar-refractivity contribution in [2.75, 3.05) is 26.3 Å². The Morgan fingerprint density at radius 1 is 1.33 bits per heavy atom. The second-order valence-electron chi connectivity index (χ2n) is 5.65. The molecule has 0 radical (unpaired) electrons. The van der Waals surface area contributed by atoms with Crippen LogP contribution in [0.5, 0.6) is 0 Å². The quantitative estimate of drug-likeness (QED) is 0.867. The maximum absolute atomic E-state index is 12.6. The fourth-order valence-electron chi connectivity index (χ4n) is 2.41. The minimum Gasteiger partial charge on any atom is -0.378 e. The predicted octanol–water partition coefficient (Wildman–Crippen LogP) is 0.936. The second kappa shape index (κ2) is 6.76. The molecule has 2 N–H and O–H groups in total. The van der Waals surface area contributed by atoms with Crippen molar-refractivity contribution >= 4 is 11.8 Å². The SMILES string of the molecule is Cc1[nH]ccc1C(=O)NC(C(=O)N1CCOCC1)C(C)C. The molecule has 1 atom stereocenters. The van der Waals surface area contributed by atoms with E-state index in [9.17, 15) is 9.59 Å². The number of nitrogens with one attached hydrogen (secondary N) is 2. The summed E-state index contributed by atoms with van der Waals surface area (Å²) in [7, 11) is 0. The van der Waals surface area contributed by atoms with Crippen LogP contribution in [0, 0.1) is 12.8 Å². The van der Waals surface area contributed by atoms with E-state index >= 15 is 0 Å². The molecule has 1 aliphatic heterocycles. The fourth-order valence-corrected chi connectivity index (χ4v) is 2.41. The molecular formula is C15H23N3O3. The minimum absolute atomic E-state index is 0.0311. The number of amides is 2. The van der Waals surface area contributed by atoms with Crippen molar-refractivity contribution in [3.05, 3.63) is 23.5 Å². The summed E-state index contributed by atoms with van der Waals surface area (Å²) in [6, 6.07) is 1.21. The van der Waals surface area contributed by atoms with Gasteiger partial charge < -0.3 is 19.9 Å². The summed E-state index contributed by atoms with van der Waals surface area (Å²) in [5.41, 5.74) is 1.38. The molecule has 0 aliphatic carbocycles. The smallest absolute Gasteiger partial charge is 0.253 e. The summed E-state index contributed by atoms with van der Waals surface area (Å²) in [4.78, 5) is 29.6. The molecule has 1 unspecified atom stereocenters. The van der Waals surface area contributed by atoms with Gasteiger partial charge in [-0.2, -0.15) is 0 Å². The molecule has 1 aromatic rings. The van der Waals surface area contributed by atoms with Crippen molar-refractivity contribution in [2.24, 2.45) is 5.92 Å². The van der Waals surface area contributed by atoms with Gasteiger partial charge in [0.2, 0.25) is 5.91 Å². The molecule has 1 aliphatic rings. The molecule has 1 aromatic heterocycles. The van der Waals surface area contributed by atoms with Gasteiger partial charge in [-0.25, -0.2) is 0 Å². The van der Waals surface area contributed by atoms with Crippen LogP contribution in [0.4, 0.5) is 0 Å². The van der Waals surface area contributed by atoms with Crippen molar-refractivity contribution in [1.82, 2.24) is 15.2 Å². The minimum atomic E-state index is -0.509. The van der Waals surface area contributed by atoms with E-state index in [1.54, 1.807) is 17.2 Å². The lowest BCUT2D eigenvalue weighted by Gasteiger charge is -2.32. The van der Waals surface area contributed by atoms with Crippen LogP contribution >= 0.6 is 0 Å². The van der Waals surface area contributed by atoms with Gasteiger partial charge in [-0.15, -0.1) is 0 Å². The van der Waals surface area contributed by atoms with Gasteiger partial charge in [0.15, 0.2) is 0 Å². The Balaban J connectivity index is 2.06. The van der Waals surface area contributed by atoms with Crippen LogP contribution in [-0.4, -0.2) is 54.0 Å². The molecular weight excluding hydrogens is 270 g/mol. The first-order valence-corrected chi connectivity index (χ1v) is 7.32. The van der Waals surface area contributed by atoms with Crippen LogP contribution < -0.4 is 5.32 Å². The first-order chi connectivity index (χ1) is 10.0. The summed E-state index contributed by atoms with van der Waals surface area (Å²) in [5, 5.41) is 2.87. The Morgan fingerprint density at radius 3 is 2.52 bits per heavy atom. The van der Waals surface area contributed by atoms with Crippen molar-refractivity contribution in [1.29, 1.82) is 0 Å². The Hall–Kier alpha value is -1.82. The Morgan fingerprint density at radius 2 is 2.00 bits per heavy atom. The number of aromatic amines is 1. The molecule has 6 nitrogen and oxygen atoms in total. The molecule has 21 heavy (non-hydrogen) atoms. The van der Waals surface area contributed by atoms with Crippen molar-refractivity contribution in [3.8, 4) is 0 Å². The highest BCUT2D eigenvalue weighted by atomic mass is 16.5. The average Bonchev–Trinajstić information content (AvgIpc) is 2.90. The van der Waals surface area contributed by atoms with E-state index in [0.717, 1.165) is 5.69 Å². The van der Waals surface area contributed by atoms with E-state index in [2.05, 4.69) is 10.3 Å². The summed E-state index contributed by atoms with van der Waals surface area (Å²) in [6.45, 7) is 7.99. The molecule has 2 heterocycles. The third-order valence-electron chi connectivity index (χ3n) is 3.74. The van der Waals surface area contributed by atoms with E-state index < -0.39 is 6.04 Å². The topological polar surface area (TPSA) is 74.4 Å². The molecule has 0 saturated carbocycles. The number of carbonyl (C=O) groups is 2. The van der Waals surface area contributed by atoms with Crippen LogP contribution in [0.15, 0.2) is 12.3 Å². The number of morpholine rings is 1. The van der Waals surface area contributed by atoms with Gasteiger partial charge in [0.05, 0.1) is 18.8 Å². The standard InChI is InChI=1S/C15H23N3O3/c1-10(2)13(15(20)18-6-8-21-9-7-18)17-14(19)12-4-5-16-11(12)3/h4-5,10,13,16H,6-9H2,1-3H3,(H,17,19). The Bertz CT molecular complexity index is 504. The zero-order valence-electron chi connectivity index (χ0n) is 12.8. The van der Waals surface area contributed by atoms with Crippen molar-refractivity contribution in [2.45, 2.75) is 26.8 Å². The molecule has 2 amide bonds. The molecule has 1 fully saturated rings. The average molecular weight is 293 g/mol. The number of ether oxygens (including phenoxy) is 1. The van der Waals surface area contributed by atoms with Crippen LogP contribution in [0.2, 0.25) is 0 Å². The molecule has 116 valence electrons. The molecule has 1 saturated heterocycles. The van der Waals surface area contributed by atoms with Gasteiger partial charge >= 0.3 is 0 Å². The highest BCUT2D eigenvalue weighted by molar-refractivity contribution is 5.98. The Labute approximate surface area is 124 Å². The third-order valence-corrected chi connectivity index (χ3v) is 3.74. The number of carbonyl (C=O) groups excluding carboxylic acids is 2. The lowest BCUT2D eigenvalue weighted by Crippen LogP contribution is -2.53. The fraction of sp³-hybridized carbons (Fsp3) is 0.600. The van der Waals surface area contributed by atoms with Crippen LogP contribution in [0.1, 0.15) is 29.9 Å². The third kappa shape index (κ3) is 3.64. The number of aryl methyl sites for hydroxylation is 1. The summed E-state index contributed by atoms with van der Waals surface area (Å²) in [5.74, 6) is -0.215. The van der Waals surface area contributed by atoms with Crippen LogP contribution in [-0.2, 0) is 9.53 Å². The number of nitrogens with zero attached hydrogens (tertiary/aromatic N) is 1. The maximum Gasteiger partial charge on any atom is 0.253 e. The summed E-state index contributed by atoms with van der Waals surface area (Å²) < 4.78 is 5.26. The van der Waals surface area contributed by atoms with E-state index in [1.165, 1.54) is 0 Å². The van der Waals surface area contributed by atoms with Gasteiger partial charge in [-0.3, -0.25) is 9.59 Å². The predicted molar refractivity (Wildman–Crippen MR) is 79.0 cm³/mol. The van der Waals surface area contributed by atoms with E-state index in [0.29, 0.717) is 31.9 Å². The van der Waals surface area contributed by atoms with Gasteiger partial charge in [0.25, 0.3) is 5.91 Å². The van der Waals surface area contributed by atoms with Gasteiger partial charge in [-0.05, 0) is 18.9 Å². The number of aromatic nitrogens is 1. The van der Waals surface area contributed by atoms with Gasteiger partial charge in [0.1, 0.15) is 6.04 Å². The van der Waals surface area contributed by atoms with Gasteiger partial charge in [-0.1, -0.05) is 13.8 Å². The van der Waals surface area contributed by atoms with Crippen LogP contribution in [0.25, 0.3) is 0 Å². The summed E-state index contributed by atoms with van der Waals surface area (Å²) >= 11 is 0. The van der Waals surface area contributed by atoms with Crippen molar-refractivity contribution in [3.63, 3.8) is 0 Å². The van der Waals surface area contributed by atoms with E-state index in [1.807, 2.05) is 20.8 Å². The van der Waals surface area contributed by atoms with E-state index in [4.69, 9.17) is 4.74 Å². The number of H-pyrrole nitrogens is 1. The monoisotopic (exact) mass is 293 g/mol. The lowest BCUT2D eigenvalue weighted by atomic mass is 10.0. The molecule has 2 rings (SSSR count). The highest BCUT2D eigenvalue weighted by Gasteiger charge is 2.30. The highest BCUT2D eigenvalue weighted by Crippen LogP contribution is 2.11. The Kier molecular flexibility index (Phi) is 5.01. The zero-order valence-corrected chi connectivity index (χ0v) is 12.8. The first-order valence-electron chi connectivity index (χ1n) is 7.32. The van der Waals surface area contributed by atoms with Crippen molar-refractivity contribution < 1.29 is 14.3 Å². The molecule has 6 heteroatoms. The largest absolute Gasteiger partial charge is 0.378 e. The first kappa shape index (κ1) is 15.6. The number of hydrogen-bond donors (Lipinski definition) is 2. The number of hydrogen-bond acceptors (Lipinski definition) is 3. The summed E-state index contributed by atoms with van der Waals surface area (Å²) in [6.07, 6.45) is 1.72. The maximum atomic E-state index is 12.6. The molecule has 0 bridgehead atoms. The van der Waals surface area contributed by atoms with E-state index in [-0.39, 0.29) is 17.7 Å². The van der Waals surface area contributed by atoms with Gasteiger partial charge in [0, 0.05) is 25.0 Å². The second-order valence-corrected chi connectivity index (χ2v) is 5.65. The zero-order chi connectivity index (χ0) is 15.4. The number of rotatable bonds is 4. The molecule has 0 aromatic carbocycles. The lowest BCUT2D eigenvalue weighted by molar-refractivity contribution is -0.138. The molecule has 0 spiro atoms. The van der Waals surface area contributed by atoms with Crippen LogP contribution in [0.3, 0.4) is 0 Å². The normalized spacial score (nSPS) is 16.9.